The Bertz CT molecular complexity index is 554. The Hall–Kier alpha value is -1.75. The maximum Gasteiger partial charge on any atom is 0.186 e. The van der Waals surface area contributed by atoms with Crippen LogP contribution in [0.2, 0.25) is 5.02 Å². The van der Waals surface area contributed by atoms with E-state index in [1.807, 2.05) is 0 Å². The fourth-order valence-corrected chi connectivity index (χ4v) is 1.40. The summed E-state index contributed by atoms with van der Waals surface area (Å²) in [6.07, 6.45) is 0.412. The summed E-state index contributed by atoms with van der Waals surface area (Å²) in [5.41, 5.74) is 0.130. The van der Waals surface area contributed by atoms with Gasteiger partial charge in [-0.15, -0.1) is 0 Å². The zero-order chi connectivity index (χ0) is 11.7. The predicted octanol–water partition coefficient (Wildman–Crippen LogP) is 3.09. The number of hydrogen-bond donors (Lipinski definition) is 0. The molecule has 0 aliphatic rings. The molecule has 16 heavy (non-hydrogen) atoms. The second kappa shape index (κ2) is 4.02. The normalized spacial score (nSPS) is 10.4. The molecule has 2 rings (SSSR count). The molecule has 0 saturated heterocycles. The van der Waals surface area contributed by atoms with E-state index in [9.17, 15) is 13.6 Å². The predicted molar refractivity (Wildman–Crippen MR) is 52.3 cm³/mol. The zero-order valence-corrected chi connectivity index (χ0v) is 8.46. The first-order valence-corrected chi connectivity index (χ1v) is 4.57. The van der Waals surface area contributed by atoms with Crippen LogP contribution in [0.25, 0.3) is 11.3 Å². The minimum absolute atomic E-state index is 0.0268. The van der Waals surface area contributed by atoms with E-state index in [0.717, 1.165) is 12.1 Å². The summed E-state index contributed by atoms with van der Waals surface area (Å²) < 4.78 is 30.4. The Morgan fingerprint density at radius 2 is 2.06 bits per heavy atom. The monoisotopic (exact) mass is 243 g/mol. The van der Waals surface area contributed by atoms with E-state index in [1.165, 1.54) is 6.07 Å². The average Bonchev–Trinajstić information content (AvgIpc) is 2.64. The number of aromatic nitrogens is 1. The third-order valence-electron chi connectivity index (χ3n) is 1.95. The lowest BCUT2D eigenvalue weighted by atomic mass is 10.1. The maximum atomic E-state index is 12.9. The van der Waals surface area contributed by atoms with Crippen LogP contribution in [0.5, 0.6) is 0 Å². The van der Waals surface area contributed by atoms with E-state index in [4.69, 9.17) is 16.1 Å². The van der Waals surface area contributed by atoms with Crippen molar-refractivity contribution in [3.05, 3.63) is 40.6 Å². The molecule has 0 unspecified atom stereocenters. The van der Waals surface area contributed by atoms with Crippen LogP contribution < -0.4 is 0 Å². The largest absolute Gasteiger partial charge is 0.354 e. The fraction of sp³-hybridized carbons (Fsp3) is 0. The number of benzene rings is 1. The molecule has 0 aliphatic heterocycles. The minimum atomic E-state index is -1.03. The minimum Gasteiger partial charge on any atom is -0.354 e. The first-order valence-electron chi connectivity index (χ1n) is 4.19. The van der Waals surface area contributed by atoms with Crippen molar-refractivity contribution in [1.82, 2.24) is 5.16 Å². The van der Waals surface area contributed by atoms with Gasteiger partial charge in [0.1, 0.15) is 5.02 Å². The highest BCUT2D eigenvalue weighted by Crippen LogP contribution is 2.30. The molecule has 3 nitrogen and oxygen atoms in total. The second-order valence-corrected chi connectivity index (χ2v) is 3.34. The number of carbonyl (C=O) groups excluding carboxylic acids is 1. The van der Waals surface area contributed by atoms with Crippen LogP contribution in [0, 0.1) is 11.6 Å². The summed E-state index contributed by atoms with van der Waals surface area (Å²) in [4.78, 5) is 10.5. The van der Waals surface area contributed by atoms with Gasteiger partial charge in [0.05, 0.1) is 0 Å². The molecule has 2 aromatic rings. The number of nitrogens with zero attached hydrogens (tertiary/aromatic N) is 1. The summed E-state index contributed by atoms with van der Waals surface area (Å²) in [5.74, 6) is -1.98. The highest BCUT2D eigenvalue weighted by atomic mass is 35.5. The van der Waals surface area contributed by atoms with Crippen molar-refractivity contribution < 1.29 is 18.1 Å². The molecule has 1 heterocycles. The number of carbonyl (C=O) groups is 1. The Morgan fingerprint density at radius 1 is 1.31 bits per heavy atom. The van der Waals surface area contributed by atoms with Gasteiger partial charge in [-0.05, 0) is 18.2 Å². The highest BCUT2D eigenvalue weighted by Gasteiger charge is 2.16. The molecule has 1 aromatic heterocycles. The van der Waals surface area contributed by atoms with E-state index < -0.39 is 11.6 Å². The number of aldehydes is 1. The van der Waals surface area contributed by atoms with Crippen molar-refractivity contribution in [3.63, 3.8) is 0 Å². The van der Waals surface area contributed by atoms with Crippen LogP contribution in [0.1, 0.15) is 10.5 Å². The summed E-state index contributed by atoms with van der Waals surface area (Å²) in [6, 6.07) is 3.12. The molecule has 1 aromatic carbocycles. The van der Waals surface area contributed by atoms with Crippen LogP contribution in [0.4, 0.5) is 8.78 Å². The molecule has 0 fully saturated rings. The number of halogens is 3. The molecule has 0 N–H and O–H groups in total. The molecular formula is C10H4ClF2NO2. The number of rotatable bonds is 2. The standard InChI is InChI=1S/C10H4ClF2NO2/c11-9-8(4-15)14-16-10(9)5-1-2-6(12)7(13)3-5/h1-4H. The highest BCUT2D eigenvalue weighted by molar-refractivity contribution is 6.35. The summed E-state index contributed by atoms with van der Waals surface area (Å²) in [7, 11) is 0. The van der Waals surface area contributed by atoms with Crippen molar-refractivity contribution in [1.29, 1.82) is 0 Å². The Morgan fingerprint density at radius 3 is 2.62 bits per heavy atom. The second-order valence-electron chi connectivity index (χ2n) is 2.96. The molecule has 0 radical (unpaired) electrons. The molecule has 6 heteroatoms. The first-order chi connectivity index (χ1) is 7.63. The molecule has 0 amide bonds. The van der Waals surface area contributed by atoms with Gasteiger partial charge in [-0.3, -0.25) is 4.79 Å². The van der Waals surface area contributed by atoms with Gasteiger partial charge in [0.2, 0.25) is 0 Å². The van der Waals surface area contributed by atoms with Gasteiger partial charge >= 0.3 is 0 Å². The lowest BCUT2D eigenvalue weighted by Gasteiger charge is -1.97. The van der Waals surface area contributed by atoms with Gasteiger partial charge in [-0.1, -0.05) is 16.8 Å². The Balaban J connectivity index is 2.54. The first kappa shape index (κ1) is 10.8. The van der Waals surface area contributed by atoms with Gasteiger partial charge in [0.25, 0.3) is 0 Å². The van der Waals surface area contributed by atoms with E-state index >= 15 is 0 Å². The van der Waals surface area contributed by atoms with Crippen LogP contribution in [0.3, 0.4) is 0 Å². The van der Waals surface area contributed by atoms with Gasteiger partial charge in [-0.2, -0.15) is 0 Å². The lowest BCUT2D eigenvalue weighted by Crippen LogP contribution is -1.85. The van der Waals surface area contributed by atoms with Gasteiger partial charge in [-0.25, -0.2) is 8.78 Å². The van der Waals surface area contributed by atoms with Crippen molar-refractivity contribution >= 4 is 17.9 Å². The molecule has 0 saturated carbocycles. The summed E-state index contributed by atoms with van der Waals surface area (Å²) in [5, 5.41) is 3.34. The third-order valence-corrected chi connectivity index (χ3v) is 2.32. The van der Waals surface area contributed by atoms with Gasteiger partial charge in [0, 0.05) is 5.56 Å². The van der Waals surface area contributed by atoms with E-state index in [0.29, 0.717) is 6.29 Å². The van der Waals surface area contributed by atoms with Crippen molar-refractivity contribution in [2.45, 2.75) is 0 Å². The van der Waals surface area contributed by atoms with E-state index in [1.54, 1.807) is 0 Å². The van der Waals surface area contributed by atoms with Crippen LogP contribution in [0.15, 0.2) is 22.7 Å². The van der Waals surface area contributed by atoms with Gasteiger partial charge < -0.3 is 4.52 Å². The van der Waals surface area contributed by atoms with Crippen molar-refractivity contribution in [2.24, 2.45) is 0 Å². The molecule has 0 bridgehead atoms. The molecule has 82 valence electrons. The van der Waals surface area contributed by atoms with Crippen LogP contribution in [-0.4, -0.2) is 11.4 Å². The number of hydrogen-bond acceptors (Lipinski definition) is 3. The van der Waals surface area contributed by atoms with Crippen molar-refractivity contribution in [3.8, 4) is 11.3 Å². The van der Waals surface area contributed by atoms with Gasteiger partial charge in [0.15, 0.2) is 29.4 Å². The van der Waals surface area contributed by atoms with Crippen LogP contribution >= 0.6 is 11.6 Å². The summed E-state index contributed by atoms with van der Waals surface area (Å²) >= 11 is 5.75. The van der Waals surface area contributed by atoms with E-state index in [-0.39, 0.29) is 22.0 Å². The summed E-state index contributed by atoms with van der Waals surface area (Å²) in [6.45, 7) is 0. The molecule has 0 aliphatic carbocycles. The maximum absolute atomic E-state index is 12.9. The Labute approximate surface area is 93.6 Å². The Kier molecular flexibility index (Phi) is 2.70. The third kappa shape index (κ3) is 1.69. The lowest BCUT2D eigenvalue weighted by molar-refractivity contribution is 0.111. The van der Waals surface area contributed by atoms with Crippen molar-refractivity contribution in [2.75, 3.05) is 0 Å². The fourth-order valence-electron chi connectivity index (χ4n) is 1.18. The SMILES string of the molecule is O=Cc1noc(-c2ccc(F)c(F)c2)c1Cl. The van der Waals surface area contributed by atoms with E-state index in [2.05, 4.69) is 5.16 Å². The zero-order valence-electron chi connectivity index (χ0n) is 7.71. The smallest absolute Gasteiger partial charge is 0.186 e. The topological polar surface area (TPSA) is 43.1 Å². The molecule has 0 atom stereocenters. The van der Waals surface area contributed by atoms with Crippen LogP contribution in [-0.2, 0) is 0 Å². The molecular weight excluding hydrogens is 240 g/mol. The average molecular weight is 244 g/mol. The molecule has 0 spiro atoms. The quantitative estimate of drug-likeness (QED) is 0.761.